The van der Waals surface area contributed by atoms with Gasteiger partial charge in [-0.25, -0.2) is 9.18 Å². The van der Waals surface area contributed by atoms with Gasteiger partial charge in [0.2, 0.25) is 0 Å². The van der Waals surface area contributed by atoms with E-state index in [-0.39, 0.29) is 17.7 Å². The molecule has 0 aliphatic heterocycles. The Kier molecular flexibility index (Phi) is 7.43. The summed E-state index contributed by atoms with van der Waals surface area (Å²) in [5.74, 6) is -2.78. The molecule has 0 heterocycles. The molecule has 0 atom stereocenters. The van der Waals surface area contributed by atoms with E-state index in [1.165, 1.54) is 18.9 Å². The summed E-state index contributed by atoms with van der Waals surface area (Å²) < 4.78 is 18.5. The molecule has 0 aliphatic carbocycles. The number of carbonyl (C=O) groups is 2. The second-order valence-corrected chi connectivity index (χ2v) is 4.94. The van der Waals surface area contributed by atoms with Gasteiger partial charge in [-0.3, -0.25) is 4.79 Å². The fourth-order valence-electron chi connectivity index (χ4n) is 1.94. The van der Waals surface area contributed by atoms with Crippen molar-refractivity contribution in [1.82, 2.24) is 0 Å². The fraction of sp³-hybridized carbons (Fsp3) is 0.500. The molecule has 0 aromatic heterocycles. The number of benzene rings is 1. The number of carboxylic acids is 1. The highest BCUT2D eigenvalue weighted by Gasteiger charge is 2.12. The highest BCUT2D eigenvalue weighted by molar-refractivity contribution is 5.87. The Morgan fingerprint density at radius 2 is 1.81 bits per heavy atom. The predicted octanol–water partition coefficient (Wildman–Crippen LogP) is 4.18. The molecular weight excluding hydrogens is 275 g/mol. The summed E-state index contributed by atoms with van der Waals surface area (Å²) in [5.41, 5.74) is -0.178. The molecular formula is C16H21FO4. The number of rotatable bonds is 9. The smallest absolute Gasteiger partial charge is 0.335 e. The van der Waals surface area contributed by atoms with E-state index in [9.17, 15) is 14.0 Å². The first-order chi connectivity index (χ1) is 10.0. The maximum Gasteiger partial charge on any atom is 0.335 e. The third-order valence-electron chi connectivity index (χ3n) is 3.14. The van der Waals surface area contributed by atoms with Crippen LogP contribution in [0.4, 0.5) is 4.39 Å². The molecule has 0 saturated heterocycles. The highest BCUT2D eigenvalue weighted by Crippen LogP contribution is 2.19. The van der Waals surface area contributed by atoms with E-state index >= 15 is 0 Å². The van der Waals surface area contributed by atoms with Crippen molar-refractivity contribution >= 4 is 11.9 Å². The zero-order valence-electron chi connectivity index (χ0n) is 12.2. The summed E-state index contributed by atoms with van der Waals surface area (Å²) in [7, 11) is 0. The summed E-state index contributed by atoms with van der Waals surface area (Å²) in [6.45, 7) is 2.14. The van der Waals surface area contributed by atoms with E-state index in [0.717, 1.165) is 37.8 Å². The second-order valence-electron chi connectivity index (χ2n) is 4.94. The molecule has 1 N–H and O–H groups in total. The van der Waals surface area contributed by atoms with Crippen molar-refractivity contribution in [2.24, 2.45) is 0 Å². The Labute approximate surface area is 123 Å². The van der Waals surface area contributed by atoms with Gasteiger partial charge in [-0.15, -0.1) is 0 Å². The van der Waals surface area contributed by atoms with E-state index in [0.29, 0.717) is 0 Å². The molecule has 1 aromatic carbocycles. The van der Waals surface area contributed by atoms with Gasteiger partial charge in [-0.2, -0.15) is 0 Å². The Hall–Kier alpha value is -1.91. The van der Waals surface area contributed by atoms with Gasteiger partial charge in [-0.05, 0) is 24.6 Å². The lowest BCUT2D eigenvalue weighted by Gasteiger charge is -2.06. The van der Waals surface area contributed by atoms with Crippen molar-refractivity contribution in [2.75, 3.05) is 0 Å². The van der Waals surface area contributed by atoms with Gasteiger partial charge < -0.3 is 9.84 Å². The Bertz CT molecular complexity index is 485. The summed E-state index contributed by atoms with van der Waals surface area (Å²) in [6, 6.07) is 3.21. The zero-order valence-corrected chi connectivity index (χ0v) is 12.2. The normalized spacial score (nSPS) is 10.4. The van der Waals surface area contributed by atoms with Gasteiger partial charge in [0.15, 0.2) is 11.6 Å². The molecule has 116 valence electrons. The third kappa shape index (κ3) is 6.38. The molecule has 0 saturated carbocycles. The monoisotopic (exact) mass is 296 g/mol. The maximum absolute atomic E-state index is 13.6. The molecule has 0 aliphatic rings. The predicted molar refractivity (Wildman–Crippen MR) is 77.0 cm³/mol. The highest BCUT2D eigenvalue weighted by atomic mass is 19.1. The number of hydrogen-bond donors (Lipinski definition) is 1. The second kappa shape index (κ2) is 9.10. The first-order valence-electron chi connectivity index (χ1n) is 7.28. The number of ether oxygens (including phenoxy) is 1. The van der Waals surface area contributed by atoms with Crippen LogP contribution in [0, 0.1) is 5.82 Å². The van der Waals surface area contributed by atoms with Crippen LogP contribution in [0.15, 0.2) is 18.2 Å². The SMILES string of the molecule is CCCCCCCCC(=O)Oc1ccc(C(=O)O)cc1F. The van der Waals surface area contributed by atoms with Crippen LogP contribution in [-0.2, 0) is 4.79 Å². The van der Waals surface area contributed by atoms with Crippen LogP contribution < -0.4 is 4.74 Å². The molecule has 0 spiro atoms. The Balaban J connectivity index is 2.36. The van der Waals surface area contributed by atoms with Crippen LogP contribution in [-0.4, -0.2) is 17.0 Å². The first-order valence-corrected chi connectivity index (χ1v) is 7.28. The number of aromatic carboxylic acids is 1. The minimum absolute atomic E-state index is 0.178. The van der Waals surface area contributed by atoms with E-state index < -0.39 is 17.8 Å². The van der Waals surface area contributed by atoms with Gasteiger partial charge in [0.1, 0.15) is 0 Å². The molecule has 4 nitrogen and oxygen atoms in total. The summed E-state index contributed by atoms with van der Waals surface area (Å²) in [4.78, 5) is 22.2. The van der Waals surface area contributed by atoms with Crippen LogP contribution in [0.1, 0.15) is 62.2 Å². The van der Waals surface area contributed by atoms with Gasteiger partial charge in [0.25, 0.3) is 0 Å². The van der Waals surface area contributed by atoms with Crippen molar-refractivity contribution in [1.29, 1.82) is 0 Å². The molecule has 0 amide bonds. The van der Waals surface area contributed by atoms with Crippen molar-refractivity contribution in [3.63, 3.8) is 0 Å². The number of unbranched alkanes of at least 4 members (excludes halogenated alkanes) is 5. The average molecular weight is 296 g/mol. The van der Waals surface area contributed by atoms with Crippen molar-refractivity contribution < 1.29 is 23.8 Å². The average Bonchev–Trinajstić information content (AvgIpc) is 2.44. The Morgan fingerprint density at radius 3 is 2.43 bits per heavy atom. The topological polar surface area (TPSA) is 63.6 Å². The Morgan fingerprint density at radius 1 is 1.14 bits per heavy atom. The van der Waals surface area contributed by atoms with E-state index in [1.807, 2.05) is 0 Å². The number of esters is 1. The molecule has 1 aromatic rings. The van der Waals surface area contributed by atoms with Crippen LogP contribution in [0.5, 0.6) is 5.75 Å². The van der Waals surface area contributed by atoms with E-state index in [2.05, 4.69) is 6.92 Å². The first kappa shape index (κ1) is 17.1. The molecule has 0 bridgehead atoms. The minimum atomic E-state index is -1.22. The quantitative estimate of drug-likeness (QED) is 0.422. The van der Waals surface area contributed by atoms with Crippen LogP contribution in [0.2, 0.25) is 0 Å². The summed E-state index contributed by atoms with van der Waals surface area (Å²) in [6.07, 6.45) is 6.54. The van der Waals surface area contributed by atoms with Gasteiger partial charge in [0.05, 0.1) is 5.56 Å². The maximum atomic E-state index is 13.6. The standard InChI is InChI=1S/C16H21FO4/c1-2-3-4-5-6-7-8-15(18)21-14-10-9-12(16(19)20)11-13(14)17/h9-11H,2-8H2,1H3,(H,19,20). The number of halogens is 1. The number of carbonyl (C=O) groups excluding carboxylic acids is 1. The van der Waals surface area contributed by atoms with Crippen molar-refractivity contribution in [2.45, 2.75) is 51.9 Å². The van der Waals surface area contributed by atoms with E-state index in [1.54, 1.807) is 0 Å². The lowest BCUT2D eigenvalue weighted by Crippen LogP contribution is -2.09. The molecule has 21 heavy (non-hydrogen) atoms. The third-order valence-corrected chi connectivity index (χ3v) is 3.14. The summed E-state index contributed by atoms with van der Waals surface area (Å²) in [5, 5.41) is 8.71. The lowest BCUT2D eigenvalue weighted by molar-refractivity contribution is -0.134. The fourth-order valence-corrected chi connectivity index (χ4v) is 1.94. The molecule has 0 fully saturated rings. The van der Waals surface area contributed by atoms with Crippen molar-refractivity contribution in [3.05, 3.63) is 29.6 Å². The van der Waals surface area contributed by atoms with Crippen LogP contribution in [0.3, 0.4) is 0 Å². The minimum Gasteiger partial charge on any atom is -0.478 e. The summed E-state index contributed by atoms with van der Waals surface area (Å²) >= 11 is 0. The van der Waals surface area contributed by atoms with Crippen LogP contribution >= 0.6 is 0 Å². The largest absolute Gasteiger partial charge is 0.478 e. The lowest BCUT2D eigenvalue weighted by atomic mass is 10.1. The zero-order chi connectivity index (χ0) is 15.7. The molecule has 5 heteroatoms. The molecule has 1 rings (SSSR count). The molecule has 0 unspecified atom stereocenters. The number of carboxylic acid groups (broad SMARTS) is 1. The van der Waals surface area contributed by atoms with Gasteiger partial charge in [0, 0.05) is 6.42 Å². The number of hydrogen-bond acceptors (Lipinski definition) is 3. The van der Waals surface area contributed by atoms with Gasteiger partial charge in [-0.1, -0.05) is 39.0 Å². The van der Waals surface area contributed by atoms with Crippen LogP contribution in [0.25, 0.3) is 0 Å². The molecule has 0 radical (unpaired) electrons. The van der Waals surface area contributed by atoms with Gasteiger partial charge >= 0.3 is 11.9 Å². The van der Waals surface area contributed by atoms with E-state index in [4.69, 9.17) is 9.84 Å². The van der Waals surface area contributed by atoms with Crippen molar-refractivity contribution in [3.8, 4) is 5.75 Å².